The first-order chi connectivity index (χ1) is 11.5. The normalized spacial score (nSPS) is 21.8. The van der Waals surface area contributed by atoms with Gasteiger partial charge in [0.15, 0.2) is 0 Å². The fourth-order valence-electron chi connectivity index (χ4n) is 3.05. The molecular formula is C17H19N3O3S. The third kappa shape index (κ3) is 2.85. The second-order valence-electron chi connectivity index (χ2n) is 6.28. The predicted octanol–water partition coefficient (Wildman–Crippen LogP) is 1.87. The predicted molar refractivity (Wildman–Crippen MR) is 91.1 cm³/mol. The molecule has 0 atom stereocenters. The maximum atomic E-state index is 12.4. The average molecular weight is 345 g/mol. The van der Waals surface area contributed by atoms with Crippen molar-refractivity contribution >= 4 is 21.6 Å². The van der Waals surface area contributed by atoms with Gasteiger partial charge < -0.3 is 10.2 Å². The highest BCUT2D eigenvalue weighted by Crippen LogP contribution is 2.37. The van der Waals surface area contributed by atoms with Crippen LogP contribution in [0.3, 0.4) is 0 Å². The lowest BCUT2D eigenvalue weighted by Crippen LogP contribution is -2.44. The van der Waals surface area contributed by atoms with E-state index in [0.29, 0.717) is 24.0 Å². The maximum absolute atomic E-state index is 12.4. The first kappa shape index (κ1) is 15.4. The lowest BCUT2D eigenvalue weighted by atomic mass is 10.1. The van der Waals surface area contributed by atoms with E-state index in [1.54, 1.807) is 12.1 Å². The molecule has 1 saturated carbocycles. The minimum absolute atomic E-state index is 0.182. The molecule has 1 aromatic carbocycles. The second-order valence-corrected chi connectivity index (χ2v) is 8.02. The van der Waals surface area contributed by atoms with Crippen LogP contribution >= 0.6 is 0 Å². The molecular weight excluding hydrogens is 326 g/mol. The van der Waals surface area contributed by atoms with Gasteiger partial charge in [-0.2, -0.15) is 4.72 Å². The molecule has 0 unspecified atom stereocenters. The number of allylic oxidation sites excluding steroid dienone is 3. The van der Waals surface area contributed by atoms with Crippen LogP contribution in [0.1, 0.15) is 36.0 Å². The molecule has 6 nitrogen and oxygen atoms in total. The molecule has 0 aromatic heterocycles. The first-order valence-corrected chi connectivity index (χ1v) is 9.61. The summed E-state index contributed by atoms with van der Waals surface area (Å²) in [6.45, 7) is 0.295. The summed E-state index contributed by atoms with van der Waals surface area (Å²) in [6, 6.07) is 5.29. The highest BCUT2D eigenvalue weighted by atomic mass is 32.2. The summed E-state index contributed by atoms with van der Waals surface area (Å²) in [5.74, 6) is -0.297. The summed E-state index contributed by atoms with van der Waals surface area (Å²) in [6.07, 6.45) is 9.85. The van der Waals surface area contributed by atoms with Gasteiger partial charge in [-0.05, 0) is 50.0 Å². The summed E-state index contributed by atoms with van der Waals surface area (Å²) >= 11 is 0. The number of nitrogens with zero attached hydrogens (tertiary/aromatic N) is 1. The summed E-state index contributed by atoms with van der Waals surface area (Å²) < 4.78 is 27.2. The van der Waals surface area contributed by atoms with Crippen LogP contribution in [-0.2, 0) is 10.0 Å². The van der Waals surface area contributed by atoms with Crippen molar-refractivity contribution < 1.29 is 13.2 Å². The van der Waals surface area contributed by atoms with E-state index in [0.717, 1.165) is 31.4 Å². The van der Waals surface area contributed by atoms with E-state index < -0.39 is 10.0 Å². The van der Waals surface area contributed by atoms with Crippen molar-refractivity contribution in [2.75, 3.05) is 11.6 Å². The molecule has 0 bridgehead atoms. The monoisotopic (exact) mass is 345 g/mol. The molecule has 1 amide bonds. The van der Waals surface area contributed by atoms with Crippen molar-refractivity contribution in [2.45, 2.75) is 36.6 Å². The minimum atomic E-state index is -3.57. The number of nitrogens with one attached hydrogen (secondary N) is 2. The minimum Gasteiger partial charge on any atom is -0.354 e. The molecule has 1 aliphatic heterocycles. The first-order valence-electron chi connectivity index (χ1n) is 8.13. The zero-order valence-corrected chi connectivity index (χ0v) is 14.0. The molecule has 2 aliphatic carbocycles. The number of rotatable bonds is 3. The van der Waals surface area contributed by atoms with Gasteiger partial charge in [-0.25, -0.2) is 8.42 Å². The Morgan fingerprint density at radius 2 is 2.08 bits per heavy atom. The molecule has 0 radical (unpaired) electrons. The van der Waals surface area contributed by atoms with Gasteiger partial charge in [0.1, 0.15) is 4.90 Å². The molecule has 7 heteroatoms. The van der Waals surface area contributed by atoms with Crippen molar-refractivity contribution in [3.63, 3.8) is 0 Å². The standard InChI is InChI=1S/C17H19N3O3S/c21-17(19-13-4-2-1-3-5-13)12-6-9-15-16(10-12)24(22,23)18-11-20(15)14-7-8-14/h2,4-6,9-10,14,18H,1,3,7-8,11H2,(H,19,21). The smallest absolute Gasteiger partial charge is 0.255 e. The zero-order chi connectivity index (χ0) is 16.7. The van der Waals surface area contributed by atoms with Gasteiger partial charge >= 0.3 is 0 Å². The van der Waals surface area contributed by atoms with Crippen LogP contribution in [0.2, 0.25) is 0 Å². The van der Waals surface area contributed by atoms with Crippen LogP contribution in [0.25, 0.3) is 0 Å². The van der Waals surface area contributed by atoms with Crippen LogP contribution in [0, 0.1) is 0 Å². The molecule has 3 aliphatic rings. The number of amides is 1. The highest BCUT2D eigenvalue weighted by molar-refractivity contribution is 7.89. The Balaban J connectivity index is 1.65. The maximum Gasteiger partial charge on any atom is 0.255 e. The number of anilines is 1. The van der Waals surface area contributed by atoms with Crippen LogP contribution in [0.15, 0.2) is 47.0 Å². The lowest BCUT2D eigenvalue weighted by Gasteiger charge is -2.31. The van der Waals surface area contributed by atoms with Crippen LogP contribution in [-0.4, -0.2) is 27.0 Å². The molecule has 126 valence electrons. The Bertz CT molecular complexity index is 854. The van der Waals surface area contributed by atoms with Crippen molar-refractivity contribution in [3.05, 3.63) is 47.7 Å². The lowest BCUT2D eigenvalue weighted by molar-refractivity contribution is 0.0966. The van der Waals surface area contributed by atoms with Gasteiger partial charge in [0.05, 0.1) is 12.4 Å². The highest BCUT2D eigenvalue weighted by Gasteiger charge is 2.36. The number of carbonyl (C=O) groups excluding carboxylic acids is 1. The molecule has 1 fully saturated rings. The largest absolute Gasteiger partial charge is 0.354 e. The third-order valence-corrected chi connectivity index (χ3v) is 5.90. The van der Waals surface area contributed by atoms with Gasteiger partial charge in [0.25, 0.3) is 5.91 Å². The fourth-order valence-corrected chi connectivity index (χ4v) is 4.25. The van der Waals surface area contributed by atoms with Crippen molar-refractivity contribution in [1.29, 1.82) is 0 Å². The summed E-state index contributed by atoms with van der Waals surface area (Å²) in [7, 11) is -3.57. The van der Waals surface area contributed by atoms with Crippen molar-refractivity contribution in [1.82, 2.24) is 10.0 Å². The van der Waals surface area contributed by atoms with Gasteiger partial charge in [-0.15, -0.1) is 0 Å². The fraction of sp³-hybridized carbons (Fsp3) is 0.353. The molecule has 1 heterocycles. The summed E-state index contributed by atoms with van der Waals surface area (Å²) in [4.78, 5) is 14.7. The van der Waals surface area contributed by atoms with E-state index in [9.17, 15) is 13.2 Å². The van der Waals surface area contributed by atoms with Crippen molar-refractivity contribution in [3.8, 4) is 0 Å². The van der Waals surface area contributed by atoms with Crippen molar-refractivity contribution in [2.24, 2.45) is 0 Å². The Morgan fingerprint density at radius 1 is 1.25 bits per heavy atom. The van der Waals surface area contributed by atoms with E-state index in [2.05, 4.69) is 14.9 Å². The number of carbonyl (C=O) groups is 1. The molecule has 1 aromatic rings. The molecule has 24 heavy (non-hydrogen) atoms. The summed E-state index contributed by atoms with van der Waals surface area (Å²) in [5.41, 5.74) is 1.78. The Morgan fingerprint density at radius 3 is 2.79 bits per heavy atom. The molecule has 0 saturated heterocycles. The Labute approximate surface area is 141 Å². The number of hydrogen-bond donors (Lipinski definition) is 2. The third-order valence-electron chi connectivity index (χ3n) is 4.49. The van der Waals surface area contributed by atoms with Gasteiger partial charge in [-0.3, -0.25) is 4.79 Å². The number of fused-ring (bicyclic) bond motifs is 1. The number of benzene rings is 1. The average Bonchev–Trinajstić information content (AvgIpc) is 3.40. The Hall–Kier alpha value is -2.12. The van der Waals surface area contributed by atoms with Crippen LogP contribution in [0.5, 0.6) is 0 Å². The van der Waals surface area contributed by atoms with Gasteiger partial charge in [0, 0.05) is 17.3 Å². The van der Waals surface area contributed by atoms with E-state index in [1.165, 1.54) is 6.07 Å². The zero-order valence-electron chi connectivity index (χ0n) is 13.2. The van der Waals surface area contributed by atoms with Crippen LogP contribution < -0.4 is 14.9 Å². The molecule has 0 spiro atoms. The van der Waals surface area contributed by atoms with Gasteiger partial charge in [-0.1, -0.05) is 12.2 Å². The molecule has 4 rings (SSSR count). The van der Waals surface area contributed by atoms with E-state index in [-0.39, 0.29) is 10.8 Å². The number of hydrogen-bond acceptors (Lipinski definition) is 4. The van der Waals surface area contributed by atoms with E-state index in [1.807, 2.05) is 18.2 Å². The van der Waals surface area contributed by atoms with Gasteiger partial charge in [0.2, 0.25) is 10.0 Å². The topological polar surface area (TPSA) is 78.5 Å². The molecule has 2 N–H and O–H groups in total. The number of sulfonamides is 1. The van der Waals surface area contributed by atoms with E-state index >= 15 is 0 Å². The quantitative estimate of drug-likeness (QED) is 0.877. The van der Waals surface area contributed by atoms with Crippen LogP contribution in [0.4, 0.5) is 5.69 Å². The van der Waals surface area contributed by atoms with E-state index in [4.69, 9.17) is 0 Å². The summed E-state index contributed by atoms with van der Waals surface area (Å²) in [5, 5.41) is 2.82. The second kappa shape index (κ2) is 5.75. The SMILES string of the molecule is O=C(NC1=CCCC=C1)c1ccc2c(c1)S(=O)(=O)NCN2C1CC1. The Kier molecular flexibility index (Phi) is 3.69.